The van der Waals surface area contributed by atoms with Crippen molar-refractivity contribution >= 4 is 22.5 Å². The van der Waals surface area contributed by atoms with Crippen LogP contribution in [0.3, 0.4) is 0 Å². The predicted molar refractivity (Wildman–Crippen MR) is 91.1 cm³/mol. The van der Waals surface area contributed by atoms with Crippen LogP contribution in [0.1, 0.15) is 17.2 Å². The Morgan fingerprint density at radius 3 is 2.46 bits per heavy atom. The van der Waals surface area contributed by atoms with Crippen molar-refractivity contribution in [3.05, 3.63) is 66.0 Å². The fourth-order valence-electron chi connectivity index (χ4n) is 2.17. The molecule has 3 aromatic rings. The van der Waals surface area contributed by atoms with Crippen molar-refractivity contribution < 1.29 is 9.53 Å². The Balaban J connectivity index is 1.78. The lowest BCUT2D eigenvalue weighted by atomic mass is 10.00. The van der Waals surface area contributed by atoms with Crippen molar-refractivity contribution in [2.24, 2.45) is 0 Å². The third kappa shape index (κ3) is 3.85. The molecule has 122 valence electrons. The molecule has 0 bridgehead atoms. The second-order valence-electron chi connectivity index (χ2n) is 4.80. The van der Waals surface area contributed by atoms with E-state index in [2.05, 4.69) is 25.8 Å². The number of nitrogens with one attached hydrogen (secondary N) is 2. The summed E-state index contributed by atoms with van der Waals surface area (Å²) in [6.45, 7) is 0. The number of amides is 2. The van der Waals surface area contributed by atoms with E-state index in [0.717, 1.165) is 22.5 Å². The van der Waals surface area contributed by atoms with E-state index in [1.807, 2.05) is 42.5 Å². The van der Waals surface area contributed by atoms with E-state index in [1.165, 1.54) is 7.11 Å². The number of urea groups is 1. The van der Waals surface area contributed by atoms with Gasteiger partial charge in [0.2, 0.25) is 5.13 Å². The van der Waals surface area contributed by atoms with Gasteiger partial charge in [-0.2, -0.15) is 0 Å². The molecular formula is C16H15N5O2S. The minimum absolute atomic E-state index is 0.302. The highest BCUT2D eigenvalue weighted by Gasteiger charge is 2.17. The Labute approximate surface area is 142 Å². The molecule has 3 rings (SSSR count). The van der Waals surface area contributed by atoms with Gasteiger partial charge < -0.3 is 10.1 Å². The summed E-state index contributed by atoms with van der Waals surface area (Å²) >= 11 is 1.15. The molecule has 1 atom stereocenters. The summed E-state index contributed by atoms with van der Waals surface area (Å²) < 4.78 is 4.96. The van der Waals surface area contributed by atoms with Gasteiger partial charge in [0.1, 0.15) is 0 Å². The first-order valence-electron chi connectivity index (χ1n) is 7.16. The lowest BCUT2D eigenvalue weighted by Gasteiger charge is -2.19. The number of carbonyl (C=O) groups is 1. The molecule has 24 heavy (non-hydrogen) atoms. The number of methoxy groups -OCH3 is 1. The number of aromatic nitrogens is 3. The fraction of sp³-hybridized carbons (Fsp3) is 0.125. The van der Waals surface area contributed by atoms with Gasteiger partial charge in [0, 0.05) is 12.4 Å². The minimum atomic E-state index is -0.375. The molecule has 0 saturated heterocycles. The molecule has 0 saturated carbocycles. The summed E-state index contributed by atoms with van der Waals surface area (Å²) in [5.41, 5.74) is 1.90. The van der Waals surface area contributed by atoms with Crippen LogP contribution in [-0.2, 0) is 0 Å². The molecule has 7 nitrogen and oxygen atoms in total. The first-order chi connectivity index (χ1) is 11.8. The molecule has 1 aromatic carbocycles. The Morgan fingerprint density at radius 1 is 1.08 bits per heavy atom. The highest BCUT2D eigenvalue weighted by atomic mass is 32.1. The first kappa shape index (κ1) is 15.9. The molecule has 8 heteroatoms. The number of pyridine rings is 1. The average molecular weight is 341 g/mol. The number of anilines is 1. The molecule has 0 unspecified atom stereocenters. The third-order valence-electron chi connectivity index (χ3n) is 3.25. The molecular weight excluding hydrogens is 326 g/mol. The summed E-state index contributed by atoms with van der Waals surface area (Å²) in [6, 6.07) is 12.8. The molecule has 0 spiro atoms. The van der Waals surface area contributed by atoms with E-state index in [-0.39, 0.29) is 12.1 Å². The van der Waals surface area contributed by atoms with Gasteiger partial charge in [0.15, 0.2) is 0 Å². The van der Waals surface area contributed by atoms with E-state index < -0.39 is 0 Å². The number of hydrogen-bond donors (Lipinski definition) is 2. The van der Waals surface area contributed by atoms with Crippen molar-refractivity contribution in [3.63, 3.8) is 0 Å². The van der Waals surface area contributed by atoms with Gasteiger partial charge in [-0.05, 0) is 34.6 Å². The van der Waals surface area contributed by atoms with Crippen LogP contribution < -0.4 is 15.4 Å². The van der Waals surface area contributed by atoms with E-state index in [1.54, 1.807) is 12.4 Å². The number of rotatable bonds is 5. The Hall–Kier alpha value is -3.00. The zero-order valence-electron chi connectivity index (χ0n) is 12.8. The molecule has 0 aliphatic carbocycles. The van der Waals surface area contributed by atoms with Gasteiger partial charge in [-0.15, -0.1) is 5.10 Å². The monoisotopic (exact) mass is 341 g/mol. The van der Waals surface area contributed by atoms with Crippen LogP contribution >= 0.6 is 11.3 Å². The van der Waals surface area contributed by atoms with Crippen molar-refractivity contribution in [2.45, 2.75) is 6.04 Å². The summed E-state index contributed by atoms with van der Waals surface area (Å²) in [4.78, 5) is 16.3. The van der Waals surface area contributed by atoms with Crippen LogP contribution in [0.5, 0.6) is 5.19 Å². The van der Waals surface area contributed by atoms with Gasteiger partial charge in [-0.25, -0.2) is 4.79 Å². The lowest BCUT2D eigenvalue weighted by Crippen LogP contribution is -2.33. The summed E-state index contributed by atoms with van der Waals surface area (Å²) in [5.74, 6) is 0. The van der Waals surface area contributed by atoms with Gasteiger partial charge in [-0.3, -0.25) is 10.3 Å². The molecule has 2 aromatic heterocycles. The number of benzene rings is 1. The number of nitrogens with zero attached hydrogens (tertiary/aromatic N) is 3. The zero-order chi connectivity index (χ0) is 16.8. The van der Waals surface area contributed by atoms with E-state index >= 15 is 0 Å². The SMILES string of the molecule is COc1nnc(NC(=O)N[C@H](c2ccccc2)c2ccncc2)s1. The number of hydrogen-bond acceptors (Lipinski definition) is 6. The molecule has 0 fully saturated rings. The first-order valence-corrected chi connectivity index (χ1v) is 7.98. The largest absolute Gasteiger partial charge is 0.472 e. The van der Waals surface area contributed by atoms with E-state index in [0.29, 0.717) is 10.3 Å². The second kappa shape index (κ2) is 7.51. The number of carbonyl (C=O) groups excluding carboxylic acids is 1. The van der Waals surface area contributed by atoms with Crippen molar-refractivity contribution in [3.8, 4) is 5.19 Å². The van der Waals surface area contributed by atoms with Gasteiger partial charge in [0.05, 0.1) is 13.2 Å². The van der Waals surface area contributed by atoms with Gasteiger partial charge in [0.25, 0.3) is 5.19 Å². The van der Waals surface area contributed by atoms with E-state index in [9.17, 15) is 4.79 Å². The van der Waals surface area contributed by atoms with Crippen LogP contribution in [-0.4, -0.2) is 28.3 Å². The molecule has 2 heterocycles. The third-order valence-corrected chi connectivity index (χ3v) is 4.05. The maximum absolute atomic E-state index is 12.3. The Kier molecular flexibility index (Phi) is 4.97. The fourth-order valence-corrected chi connectivity index (χ4v) is 2.72. The molecule has 2 N–H and O–H groups in total. The quantitative estimate of drug-likeness (QED) is 0.745. The Morgan fingerprint density at radius 2 is 1.79 bits per heavy atom. The topological polar surface area (TPSA) is 89.0 Å². The van der Waals surface area contributed by atoms with Crippen LogP contribution in [0, 0.1) is 0 Å². The molecule has 0 aliphatic rings. The van der Waals surface area contributed by atoms with Crippen LogP contribution in [0.25, 0.3) is 0 Å². The maximum Gasteiger partial charge on any atom is 0.321 e. The highest BCUT2D eigenvalue weighted by molar-refractivity contribution is 7.17. The van der Waals surface area contributed by atoms with Crippen molar-refractivity contribution in [1.29, 1.82) is 0 Å². The summed E-state index contributed by atoms with van der Waals surface area (Å²) in [7, 11) is 1.50. The minimum Gasteiger partial charge on any atom is -0.472 e. The lowest BCUT2D eigenvalue weighted by molar-refractivity contribution is 0.250. The molecule has 0 aliphatic heterocycles. The second-order valence-corrected chi connectivity index (χ2v) is 5.74. The highest BCUT2D eigenvalue weighted by Crippen LogP contribution is 2.23. The molecule has 2 amide bonds. The zero-order valence-corrected chi connectivity index (χ0v) is 13.7. The Bertz CT molecular complexity index is 755. The number of ether oxygens (including phenoxy) is 1. The smallest absolute Gasteiger partial charge is 0.321 e. The van der Waals surface area contributed by atoms with Crippen molar-refractivity contribution in [1.82, 2.24) is 20.5 Å². The normalized spacial score (nSPS) is 11.5. The van der Waals surface area contributed by atoms with Crippen molar-refractivity contribution in [2.75, 3.05) is 12.4 Å². The van der Waals surface area contributed by atoms with Gasteiger partial charge >= 0.3 is 6.03 Å². The van der Waals surface area contributed by atoms with E-state index in [4.69, 9.17) is 4.74 Å². The average Bonchev–Trinajstić information content (AvgIpc) is 3.08. The van der Waals surface area contributed by atoms with Crippen LogP contribution in [0.2, 0.25) is 0 Å². The predicted octanol–water partition coefficient (Wildman–Crippen LogP) is 2.85. The van der Waals surface area contributed by atoms with Gasteiger partial charge in [-0.1, -0.05) is 35.4 Å². The van der Waals surface area contributed by atoms with Crippen LogP contribution in [0.4, 0.5) is 9.93 Å². The summed E-state index contributed by atoms with van der Waals surface area (Å²) in [6.07, 6.45) is 3.39. The maximum atomic E-state index is 12.3. The standard InChI is InChI=1S/C16H15N5O2S/c1-23-16-21-20-15(24-16)19-14(22)18-13(11-5-3-2-4-6-11)12-7-9-17-10-8-12/h2-10,13H,1H3,(H2,18,19,20,22)/t13-/m1/s1. The molecule has 0 radical (unpaired) electrons. The van der Waals surface area contributed by atoms with Crippen LogP contribution in [0.15, 0.2) is 54.9 Å². The summed E-state index contributed by atoms with van der Waals surface area (Å²) in [5, 5.41) is 14.0.